The highest BCUT2D eigenvalue weighted by Crippen LogP contribution is 2.44. The topological polar surface area (TPSA) is 193 Å². The molecule has 2 aromatic carbocycles. The summed E-state index contributed by atoms with van der Waals surface area (Å²) in [4.78, 5) is 53.6. The Bertz CT molecular complexity index is 2580. The molecule has 0 saturated heterocycles. The second-order valence-corrected chi connectivity index (χ2v) is 48.2. The normalized spacial score (nSPS) is 21.8. The number of carbonyl (C=O) groups excluding carboxylic acids is 3. The first-order valence-corrected chi connectivity index (χ1v) is 41.7. The van der Waals surface area contributed by atoms with Gasteiger partial charge in [0.05, 0.1) is 12.2 Å². The van der Waals surface area contributed by atoms with Crippen LogP contribution in [0.1, 0.15) is 193 Å². The Morgan fingerprint density at radius 1 is 0.598 bits per heavy atom. The molecule has 0 aromatic heterocycles. The van der Waals surface area contributed by atoms with Gasteiger partial charge in [-0.25, -0.2) is 14.4 Å². The third-order valence-electron chi connectivity index (χ3n) is 18.5. The molecule has 82 heavy (non-hydrogen) atoms. The van der Waals surface area contributed by atoms with Crippen LogP contribution in [-0.4, -0.2) is 86.6 Å². The number of hydrogen-bond donors (Lipinski definition) is 1. The summed E-state index contributed by atoms with van der Waals surface area (Å²) in [5.74, 6) is -0.806. The molecule has 1 amide bonds. The van der Waals surface area contributed by atoms with Crippen molar-refractivity contribution in [3.63, 3.8) is 0 Å². The van der Waals surface area contributed by atoms with E-state index in [-0.39, 0.29) is 44.2 Å². The molecular formula is C64H107N3O11Si4. The van der Waals surface area contributed by atoms with Gasteiger partial charge < -0.3 is 32.3 Å². The smallest absolute Gasteiger partial charge is 0.342 e. The molecule has 2 heterocycles. The minimum atomic E-state index is -2.24. The summed E-state index contributed by atoms with van der Waals surface area (Å²) in [7, 11) is -8.68. The predicted molar refractivity (Wildman–Crippen MR) is 343 cm³/mol. The van der Waals surface area contributed by atoms with Crippen LogP contribution in [0.15, 0.2) is 65.8 Å². The Morgan fingerprint density at radius 3 is 1.28 bits per heavy atom. The second-order valence-electron chi connectivity index (χ2n) is 29.3. The minimum Gasteiger partial charge on any atom is -0.543 e. The van der Waals surface area contributed by atoms with E-state index in [4.69, 9.17) is 32.7 Å². The third-order valence-corrected chi connectivity index (χ3v) is 36.2. The number of carboxylic acids is 1. The molecule has 6 atom stereocenters. The van der Waals surface area contributed by atoms with Gasteiger partial charge in [0.1, 0.15) is 34.8 Å². The maximum atomic E-state index is 14.0. The van der Waals surface area contributed by atoms with Gasteiger partial charge in [0, 0.05) is 36.7 Å². The number of aliphatic carboxylic acids is 1. The molecule has 4 rings (SSSR count). The van der Waals surface area contributed by atoms with E-state index in [0.29, 0.717) is 48.3 Å². The average molecular weight is 1210 g/mol. The fourth-order valence-corrected chi connectivity index (χ4v) is 13.9. The van der Waals surface area contributed by atoms with Crippen LogP contribution >= 0.6 is 0 Å². The first-order chi connectivity index (χ1) is 37.5. The number of carbonyl (C=O) groups is 4. The van der Waals surface area contributed by atoms with Gasteiger partial charge in [0.25, 0.3) is 16.6 Å². The van der Waals surface area contributed by atoms with Crippen LogP contribution in [-0.2, 0) is 40.8 Å². The average Bonchev–Trinajstić information content (AvgIpc) is 3.38. The number of benzene rings is 2. The van der Waals surface area contributed by atoms with Crippen molar-refractivity contribution in [1.29, 1.82) is 0 Å². The molecule has 0 bridgehead atoms. The lowest BCUT2D eigenvalue weighted by Crippen LogP contribution is -2.46. The second kappa shape index (κ2) is 29.7. The van der Waals surface area contributed by atoms with E-state index in [9.17, 15) is 24.3 Å². The largest absolute Gasteiger partial charge is 0.543 e. The molecule has 2 aromatic rings. The lowest BCUT2D eigenvalue weighted by atomic mass is 9.91. The monoisotopic (exact) mass is 1210 g/mol. The molecular weight excluding hydrogens is 1100 g/mol. The van der Waals surface area contributed by atoms with Crippen molar-refractivity contribution in [2.75, 3.05) is 0 Å². The molecule has 2 aliphatic rings. The predicted octanol–water partition coefficient (Wildman–Crippen LogP) is 18.3. The van der Waals surface area contributed by atoms with Crippen LogP contribution in [0.2, 0.25) is 72.5 Å². The minimum absolute atomic E-state index is 0.0269. The summed E-state index contributed by atoms with van der Waals surface area (Å²) in [6.45, 7) is 48.6. The first-order valence-electron chi connectivity index (χ1n) is 30.1. The Labute approximate surface area is 498 Å². The van der Waals surface area contributed by atoms with Crippen LogP contribution in [0.4, 0.5) is 0 Å². The molecule has 0 aliphatic carbocycles. The van der Waals surface area contributed by atoms with Gasteiger partial charge in [-0.2, -0.15) is 0 Å². The Kier molecular flexibility index (Phi) is 26.0. The van der Waals surface area contributed by atoms with Gasteiger partial charge in [-0.1, -0.05) is 146 Å². The molecule has 0 saturated carbocycles. The van der Waals surface area contributed by atoms with E-state index in [1.54, 1.807) is 12.2 Å². The number of cyclic esters (lactones) is 2. The number of hydrogen-bond acceptors (Lipinski definition) is 10. The summed E-state index contributed by atoms with van der Waals surface area (Å²) < 4.78 is 39.8. The standard InChI is InChI=1S/C32H53N3O5Si2.C32H54O6Si2/c1-23-16-12-13-17-24-18-14-20-26(39-41(8,9)31(2,3)4)29(24)30(37)38-25(19-15-21-28(36)34-35-33)22-27(23)40-42(10,11)32(5,6)7;1-23-16-12-13-17-24-18-14-20-26(37-39(8,9)31(2,3)4)29(24)30(35)36-25(19-15-21-28(33)34)22-27(23)38-40(10,11)32(5,6)7/h14-15,18,20-21,23,25,27H,12-13,16-17,19,22H2,1-11H3;14-15,18,20-21,23,25,27H,12-13,16-17,19,22H2,1-11H3,(H,33,34)/b2*21-15+/t2*23-,25-,27+/m00/s1. The van der Waals surface area contributed by atoms with Crippen molar-refractivity contribution in [2.24, 2.45) is 17.0 Å². The first kappa shape index (κ1) is 72.0. The van der Waals surface area contributed by atoms with Gasteiger partial charge in [0.2, 0.25) is 5.91 Å². The van der Waals surface area contributed by atoms with Crippen LogP contribution < -0.4 is 8.85 Å². The maximum Gasteiger partial charge on any atom is 0.342 e. The molecule has 1 N–H and O–H groups in total. The third kappa shape index (κ3) is 21.3. The number of esters is 2. The van der Waals surface area contributed by atoms with Crippen molar-refractivity contribution in [3.8, 4) is 11.5 Å². The maximum absolute atomic E-state index is 14.0. The van der Waals surface area contributed by atoms with Crippen LogP contribution in [0, 0.1) is 11.8 Å². The number of aryl methyl sites for hydroxylation is 2. The van der Waals surface area contributed by atoms with Gasteiger partial charge >= 0.3 is 17.9 Å². The van der Waals surface area contributed by atoms with Crippen molar-refractivity contribution >= 4 is 57.1 Å². The molecule has 0 spiro atoms. The zero-order valence-electron chi connectivity index (χ0n) is 54.6. The van der Waals surface area contributed by atoms with Crippen molar-refractivity contribution < 1.29 is 51.5 Å². The fraction of sp³-hybridized carbons (Fsp3) is 0.688. The summed E-state index contributed by atoms with van der Waals surface area (Å²) in [6.07, 6.45) is 13.4. The van der Waals surface area contributed by atoms with E-state index in [1.165, 1.54) is 6.08 Å². The number of rotatable bonds is 14. The van der Waals surface area contributed by atoms with Crippen molar-refractivity contribution in [3.05, 3.63) is 93.4 Å². The van der Waals surface area contributed by atoms with Gasteiger partial charge in [-0.3, -0.25) is 4.79 Å². The molecule has 0 radical (unpaired) electrons. The summed E-state index contributed by atoms with van der Waals surface area (Å²) >= 11 is 0. The van der Waals surface area contributed by atoms with E-state index >= 15 is 0 Å². The zero-order chi connectivity index (χ0) is 62.5. The molecule has 14 nitrogen and oxygen atoms in total. The number of carboxylic acid groups (broad SMARTS) is 1. The van der Waals surface area contributed by atoms with Crippen molar-refractivity contribution in [2.45, 2.75) is 271 Å². The molecule has 460 valence electrons. The lowest BCUT2D eigenvalue weighted by Gasteiger charge is -2.42. The van der Waals surface area contributed by atoms with Crippen molar-refractivity contribution in [1.82, 2.24) is 0 Å². The van der Waals surface area contributed by atoms with E-state index in [2.05, 4.69) is 159 Å². The van der Waals surface area contributed by atoms with Crippen LogP contribution in [0.25, 0.3) is 10.4 Å². The molecule has 18 heteroatoms. The highest BCUT2D eigenvalue weighted by Gasteiger charge is 2.45. The number of azide groups is 1. The SMILES string of the molecule is C[C@H]1CCCCc2cccc(O[Si](C)(C)C(C)(C)C)c2C(=O)O[C@@H](C/C=C/C(=O)N=[N+]=[N-])C[C@H]1O[Si](C)(C)C(C)(C)C.C[C@H]1CCCCc2cccc(O[Si](C)(C)C(C)(C)C)c2C(=O)O[C@@H](C/C=C/C(=O)O)C[C@H]1O[Si](C)(C)C(C)(C)C. The Balaban J connectivity index is 0.000000431. The fourth-order valence-electron chi connectivity index (χ4n) is 8.94. The van der Waals surface area contributed by atoms with Gasteiger partial charge in [0.15, 0.2) is 16.6 Å². The van der Waals surface area contributed by atoms with Crippen LogP contribution in [0.5, 0.6) is 11.5 Å². The number of nitrogens with zero attached hydrogens (tertiary/aromatic N) is 3. The summed E-state index contributed by atoms with van der Waals surface area (Å²) in [5.41, 5.74) is 11.5. The van der Waals surface area contributed by atoms with Gasteiger partial charge in [-0.15, -0.1) is 0 Å². The van der Waals surface area contributed by atoms with E-state index < -0.39 is 69.3 Å². The summed E-state index contributed by atoms with van der Waals surface area (Å²) in [5, 5.41) is 12.3. The highest BCUT2D eigenvalue weighted by atomic mass is 28.4. The molecule has 0 fully saturated rings. The Hall–Kier alpha value is -4.30. The molecule has 0 unspecified atom stereocenters. The van der Waals surface area contributed by atoms with E-state index in [1.807, 2.05) is 36.4 Å². The number of fused-ring (bicyclic) bond motifs is 2. The number of ether oxygens (including phenoxy) is 2. The molecule has 2 aliphatic heterocycles. The quantitative estimate of drug-likeness (QED) is 0.0472. The highest BCUT2D eigenvalue weighted by molar-refractivity contribution is 6.75. The van der Waals surface area contributed by atoms with E-state index in [0.717, 1.165) is 68.6 Å². The lowest BCUT2D eigenvalue weighted by molar-refractivity contribution is -0.131. The number of amides is 1. The summed E-state index contributed by atoms with van der Waals surface area (Å²) in [6, 6.07) is 11.7. The Morgan fingerprint density at radius 2 is 0.951 bits per heavy atom. The van der Waals surface area contributed by atoms with Crippen LogP contribution in [0.3, 0.4) is 0 Å². The van der Waals surface area contributed by atoms with Gasteiger partial charge in [-0.05, 0) is 163 Å². The zero-order valence-corrected chi connectivity index (χ0v) is 58.6.